The molecular formula is C34H24BrN. The first kappa shape index (κ1) is 22.3. The first-order chi connectivity index (χ1) is 17.7. The zero-order valence-corrected chi connectivity index (χ0v) is 21.3. The average Bonchev–Trinajstić information content (AvgIpc) is 2.93. The van der Waals surface area contributed by atoms with E-state index >= 15 is 0 Å². The standard InChI is InChI=1S/C34H24BrN/c35-31-17-11-25(12-18-31)9-10-26-13-19-32(20-14-26)36(33-21-15-27-5-1-3-7-29(27)23-33)34-22-16-28-6-2-4-8-30(28)24-34/h1-24H/b10-9+. The van der Waals surface area contributed by atoms with Crippen LogP contribution >= 0.6 is 15.9 Å². The number of hydrogen-bond acceptors (Lipinski definition) is 1. The van der Waals surface area contributed by atoms with Gasteiger partial charge in [0.25, 0.3) is 0 Å². The van der Waals surface area contributed by atoms with E-state index in [4.69, 9.17) is 0 Å². The molecule has 172 valence electrons. The SMILES string of the molecule is Brc1ccc(/C=C/c2ccc(N(c3ccc4ccccc4c3)c3ccc4ccccc4c3)cc2)cc1. The molecule has 0 aliphatic carbocycles. The number of rotatable bonds is 5. The molecule has 6 aromatic rings. The molecule has 36 heavy (non-hydrogen) atoms. The number of anilines is 3. The number of benzene rings is 6. The smallest absolute Gasteiger partial charge is 0.0468 e. The third-order valence-electron chi connectivity index (χ3n) is 6.47. The van der Waals surface area contributed by atoms with Gasteiger partial charge in [0, 0.05) is 21.5 Å². The first-order valence-electron chi connectivity index (χ1n) is 12.0. The van der Waals surface area contributed by atoms with Crippen molar-refractivity contribution in [3.63, 3.8) is 0 Å². The molecule has 0 aromatic heterocycles. The van der Waals surface area contributed by atoms with Gasteiger partial charge in [0.2, 0.25) is 0 Å². The van der Waals surface area contributed by atoms with Crippen molar-refractivity contribution in [2.45, 2.75) is 0 Å². The van der Waals surface area contributed by atoms with Crippen molar-refractivity contribution in [3.05, 3.63) is 149 Å². The molecule has 0 bridgehead atoms. The first-order valence-corrected chi connectivity index (χ1v) is 12.8. The molecule has 0 aliphatic heterocycles. The van der Waals surface area contributed by atoms with Gasteiger partial charge in [-0.25, -0.2) is 0 Å². The Bertz CT molecular complexity index is 1600. The van der Waals surface area contributed by atoms with Gasteiger partial charge in [-0.05, 0) is 81.2 Å². The summed E-state index contributed by atoms with van der Waals surface area (Å²) < 4.78 is 1.09. The number of halogens is 1. The maximum absolute atomic E-state index is 3.50. The summed E-state index contributed by atoms with van der Waals surface area (Å²) in [5.74, 6) is 0. The lowest BCUT2D eigenvalue weighted by Gasteiger charge is -2.26. The largest absolute Gasteiger partial charge is 0.310 e. The maximum Gasteiger partial charge on any atom is 0.0468 e. The summed E-state index contributed by atoms with van der Waals surface area (Å²) in [6.45, 7) is 0. The highest BCUT2D eigenvalue weighted by Crippen LogP contribution is 2.37. The van der Waals surface area contributed by atoms with Gasteiger partial charge >= 0.3 is 0 Å². The summed E-state index contributed by atoms with van der Waals surface area (Å²) in [4.78, 5) is 2.33. The van der Waals surface area contributed by atoms with Crippen LogP contribution in [0.2, 0.25) is 0 Å². The highest BCUT2D eigenvalue weighted by atomic mass is 79.9. The lowest BCUT2D eigenvalue weighted by Crippen LogP contribution is -2.09. The zero-order valence-electron chi connectivity index (χ0n) is 19.7. The van der Waals surface area contributed by atoms with Gasteiger partial charge < -0.3 is 4.90 Å². The van der Waals surface area contributed by atoms with Gasteiger partial charge in [0.15, 0.2) is 0 Å². The third kappa shape index (κ3) is 4.68. The summed E-state index contributed by atoms with van der Waals surface area (Å²) in [7, 11) is 0. The number of fused-ring (bicyclic) bond motifs is 2. The molecule has 1 nitrogen and oxygen atoms in total. The molecule has 0 unspecified atom stereocenters. The van der Waals surface area contributed by atoms with E-state index in [-0.39, 0.29) is 0 Å². The summed E-state index contributed by atoms with van der Waals surface area (Å²) in [6, 6.07) is 47.5. The maximum atomic E-state index is 3.50. The molecule has 0 saturated carbocycles. The van der Waals surface area contributed by atoms with E-state index in [0.717, 1.165) is 21.5 Å². The lowest BCUT2D eigenvalue weighted by atomic mass is 10.1. The van der Waals surface area contributed by atoms with Crippen LogP contribution in [0.25, 0.3) is 33.7 Å². The zero-order chi connectivity index (χ0) is 24.3. The molecular weight excluding hydrogens is 502 g/mol. The second kappa shape index (κ2) is 9.85. The third-order valence-corrected chi connectivity index (χ3v) is 7.00. The summed E-state index contributed by atoms with van der Waals surface area (Å²) in [5, 5.41) is 4.95. The summed E-state index contributed by atoms with van der Waals surface area (Å²) in [6.07, 6.45) is 4.30. The van der Waals surface area contributed by atoms with Crippen molar-refractivity contribution in [2.24, 2.45) is 0 Å². The monoisotopic (exact) mass is 525 g/mol. The molecule has 0 spiro atoms. The molecule has 0 fully saturated rings. The molecule has 0 N–H and O–H groups in total. The van der Waals surface area contributed by atoms with Crippen LogP contribution in [0.4, 0.5) is 17.1 Å². The van der Waals surface area contributed by atoms with Crippen molar-refractivity contribution in [1.29, 1.82) is 0 Å². The molecule has 0 saturated heterocycles. The Labute approximate surface area is 220 Å². The van der Waals surface area contributed by atoms with Gasteiger partial charge in [-0.2, -0.15) is 0 Å². The van der Waals surface area contributed by atoms with Gasteiger partial charge in [-0.1, -0.05) is 113 Å². The van der Waals surface area contributed by atoms with E-state index in [2.05, 4.69) is 166 Å². The van der Waals surface area contributed by atoms with Gasteiger partial charge in [0.05, 0.1) is 0 Å². The normalized spacial score (nSPS) is 11.4. The minimum atomic E-state index is 1.09. The van der Waals surface area contributed by atoms with E-state index < -0.39 is 0 Å². The molecule has 0 aliphatic rings. The Morgan fingerprint density at radius 1 is 0.417 bits per heavy atom. The fourth-order valence-electron chi connectivity index (χ4n) is 4.58. The molecule has 6 rings (SSSR count). The molecule has 2 heteroatoms. The summed E-state index contributed by atoms with van der Waals surface area (Å²) >= 11 is 3.50. The Morgan fingerprint density at radius 2 is 0.833 bits per heavy atom. The molecule has 0 heterocycles. The van der Waals surface area contributed by atoms with Crippen LogP contribution in [0.15, 0.2) is 138 Å². The fraction of sp³-hybridized carbons (Fsp3) is 0. The average molecular weight is 526 g/mol. The van der Waals surface area contributed by atoms with Crippen molar-refractivity contribution >= 4 is 66.7 Å². The van der Waals surface area contributed by atoms with Crippen LogP contribution in [-0.4, -0.2) is 0 Å². The van der Waals surface area contributed by atoms with Crippen LogP contribution in [0.1, 0.15) is 11.1 Å². The summed E-state index contributed by atoms with van der Waals surface area (Å²) in [5.41, 5.74) is 5.75. The van der Waals surface area contributed by atoms with E-state index in [1.165, 1.54) is 32.7 Å². The van der Waals surface area contributed by atoms with Crippen LogP contribution in [0, 0.1) is 0 Å². The molecule has 0 amide bonds. The van der Waals surface area contributed by atoms with Gasteiger partial charge in [-0.15, -0.1) is 0 Å². The van der Waals surface area contributed by atoms with Crippen LogP contribution in [0.3, 0.4) is 0 Å². The predicted molar refractivity (Wildman–Crippen MR) is 159 cm³/mol. The van der Waals surface area contributed by atoms with E-state index in [9.17, 15) is 0 Å². The van der Waals surface area contributed by atoms with Crippen LogP contribution in [0.5, 0.6) is 0 Å². The number of hydrogen-bond donors (Lipinski definition) is 0. The second-order valence-corrected chi connectivity index (χ2v) is 9.79. The molecule has 6 aromatic carbocycles. The Kier molecular flexibility index (Phi) is 6.11. The van der Waals surface area contributed by atoms with Crippen molar-refractivity contribution in [1.82, 2.24) is 0 Å². The van der Waals surface area contributed by atoms with E-state index in [1.54, 1.807) is 0 Å². The highest BCUT2D eigenvalue weighted by molar-refractivity contribution is 9.10. The van der Waals surface area contributed by atoms with Crippen molar-refractivity contribution in [2.75, 3.05) is 4.90 Å². The van der Waals surface area contributed by atoms with E-state index in [0.29, 0.717) is 0 Å². The quantitative estimate of drug-likeness (QED) is 0.202. The topological polar surface area (TPSA) is 3.24 Å². The predicted octanol–water partition coefficient (Wildman–Crippen LogP) is 10.4. The van der Waals surface area contributed by atoms with Crippen LogP contribution in [-0.2, 0) is 0 Å². The highest BCUT2D eigenvalue weighted by Gasteiger charge is 2.13. The lowest BCUT2D eigenvalue weighted by molar-refractivity contribution is 1.29. The molecule has 0 atom stereocenters. The van der Waals surface area contributed by atoms with Gasteiger partial charge in [-0.3, -0.25) is 0 Å². The van der Waals surface area contributed by atoms with Gasteiger partial charge in [0.1, 0.15) is 0 Å². The Morgan fingerprint density at radius 3 is 1.33 bits per heavy atom. The van der Waals surface area contributed by atoms with E-state index in [1.807, 2.05) is 0 Å². The Balaban J connectivity index is 1.40. The van der Waals surface area contributed by atoms with Crippen molar-refractivity contribution < 1.29 is 0 Å². The fourth-order valence-corrected chi connectivity index (χ4v) is 4.84. The second-order valence-electron chi connectivity index (χ2n) is 8.87. The minimum Gasteiger partial charge on any atom is -0.310 e. The molecule has 0 radical (unpaired) electrons. The van der Waals surface area contributed by atoms with Crippen LogP contribution < -0.4 is 4.90 Å². The number of nitrogens with zero attached hydrogens (tertiary/aromatic N) is 1. The van der Waals surface area contributed by atoms with Crippen molar-refractivity contribution in [3.8, 4) is 0 Å². The Hall–Kier alpha value is -4.14. The minimum absolute atomic E-state index is 1.09.